The Balaban J connectivity index is 2.79. The molecule has 0 saturated carbocycles. The summed E-state index contributed by atoms with van der Waals surface area (Å²) < 4.78 is 27.9. The minimum absolute atomic E-state index is 0.0526. The molecule has 2 rings (SSSR count). The summed E-state index contributed by atoms with van der Waals surface area (Å²) >= 11 is 0. The summed E-state index contributed by atoms with van der Waals surface area (Å²) in [6.07, 6.45) is 0. The van der Waals surface area contributed by atoms with Crippen LogP contribution in [-0.2, 0) is 0 Å². The number of rotatable bonds is 2. The van der Waals surface area contributed by atoms with E-state index in [0.29, 0.717) is 0 Å². The fraction of sp³-hybridized carbons (Fsp3) is 0.133. The standard InChI is InChI=1S/C15H12F2O2/c1-8-3-5-10(11(7-8)15(18)19)13-12(16)6-4-9(2)14(13)17/h3-7H,1-2H3,(H,18,19). The molecule has 0 atom stereocenters. The van der Waals surface area contributed by atoms with E-state index in [-0.39, 0.29) is 22.3 Å². The maximum absolute atomic E-state index is 14.1. The Morgan fingerprint density at radius 2 is 1.79 bits per heavy atom. The summed E-state index contributed by atoms with van der Waals surface area (Å²) in [5.41, 5.74) is 0.639. The second-order valence-electron chi connectivity index (χ2n) is 4.41. The lowest BCUT2D eigenvalue weighted by Crippen LogP contribution is -2.03. The van der Waals surface area contributed by atoms with Gasteiger partial charge in [0.1, 0.15) is 11.6 Å². The summed E-state index contributed by atoms with van der Waals surface area (Å²) in [5, 5.41) is 9.16. The van der Waals surface area contributed by atoms with Crippen molar-refractivity contribution in [3.63, 3.8) is 0 Å². The maximum Gasteiger partial charge on any atom is 0.336 e. The molecule has 2 aromatic carbocycles. The minimum atomic E-state index is -1.21. The smallest absolute Gasteiger partial charge is 0.336 e. The minimum Gasteiger partial charge on any atom is -0.478 e. The molecule has 0 amide bonds. The third kappa shape index (κ3) is 2.34. The van der Waals surface area contributed by atoms with Crippen LogP contribution in [0.15, 0.2) is 30.3 Å². The number of aryl methyl sites for hydroxylation is 2. The number of carboxylic acids is 1. The summed E-state index contributed by atoms with van der Waals surface area (Å²) in [5.74, 6) is -2.71. The molecule has 2 nitrogen and oxygen atoms in total. The molecule has 0 aliphatic heterocycles. The highest BCUT2D eigenvalue weighted by atomic mass is 19.1. The summed E-state index contributed by atoms with van der Waals surface area (Å²) in [4.78, 5) is 11.2. The van der Waals surface area contributed by atoms with Crippen LogP contribution < -0.4 is 0 Å². The van der Waals surface area contributed by atoms with E-state index in [1.54, 1.807) is 13.0 Å². The van der Waals surface area contributed by atoms with Crippen LogP contribution in [0.25, 0.3) is 11.1 Å². The first-order valence-electron chi connectivity index (χ1n) is 5.70. The Hall–Kier alpha value is -2.23. The van der Waals surface area contributed by atoms with Gasteiger partial charge in [0.15, 0.2) is 0 Å². The Kier molecular flexibility index (Phi) is 3.34. The highest BCUT2D eigenvalue weighted by Gasteiger charge is 2.19. The summed E-state index contributed by atoms with van der Waals surface area (Å²) in [6.45, 7) is 3.23. The van der Waals surface area contributed by atoms with E-state index in [9.17, 15) is 13.6 Å². The lowest BCUT2D eigenvalue weighted by Gasteiger charge is -2.11. The van der Waals surface area contributed by atoms with Gasteiger partial charge in [-0.25, -0.2) is 13.6 Å². The van der Waals surface area contributed by atoms with E-state index in [4.69, 9.17) is 5.11 Å². The molecule has 98 valence electrons. The Labute approximate surface area is 109 Å². The predicted octanol–water partition coefficient (Wildman–Crippen LogP) is 3.95. The summed E-state index contributed by atoms with van der Waals surface area (Å²) in [6, 6.07) is 6.92. The second-order valence-corrected chi connectivity index (χ2v) is 4.41. The molecular formula is C15H12F2O2. The van der Waals surface area contributed by atoms with Crippen LogP contribution in [0.1, 0.15) is 21.5 Å². The first-order valence-corrected chi connectivity index (χ1v) is 5.70. The van der Waals surface area contributed by atoms with Crippen LogP contribution in [0.5, 0.6) is 0 Å². The van der Waals surface area contributed by atoms with Crippen molar-refractivity contribution in [3.05, 3.63) is 58.7 Å². The average Bonchev–Trinajstić information content (AvgIpc) is 2.36. The lowest BCUT2D eigenvalue weighted by molar-refractivity contribution is 0.0697. The van der Waals surface area contributed by atoms with Crippen molar-refractivity contribution in [1.82, 2.24) is 0 Å². The van der Waals surface area contributed by atoms with Gasteiger partial charge in [-0.15, -0.1) is 0 Å². The Morgan fingerprint density at radius 3 is 2.42 bits per heavy atom. The van der Waals surface area contributed by atoms with Gasteiger partial charge in [0.25, 0.3) is 0 Å². The van der Waals surface area contributed by atoms with Crippen molar-refractivity contribution in [1.29, 1.82) is 0 Å². The van der Waals surface area contributed by atoms with E-state index < -0.39 is 17.6 Å². The predicted molar refractivity (Wildman–Crippen MR) is 68.2 cm³/mol. The van der Waals surface area contributed by atoms with Gasteiger partial charge < -0.3 is 5.11 Å². The molecule has 0 bridgehead atoms. The molecule has 0 fully saturated rings. The van der Waals surface area contributed by atoms with Crippen molar-refractivity contribution in [3.8, 4) is 11.1 Å². The van der Waals surface area contributed by atoms with E-state index in [0.717, 1.165) is 11.6 Å². The highest BCUT2D eigenvalue weighted by Crippen LogP contribution is 2.31. The maximum atomic E-state index is 14.1. The molecule has 4 heteroatoms. The van der Waals surface area contributed by atoms with Crippen molar-refractivity contribution < 1.29 is 18.7 Å². The van der Waals surface area contributed by atoms with Crippen molar-refractivity contribution in [2.75, 3.05) is 0 Å². The fourth-order valence-corrected chi connectivity index (χ4v) is 1.96. The van der Waals surface area contributed by atoms with E-state index in [2.05, 4.69) is 0 Å². The van der Waals surface area contributed by atoms with Gasteiger partial charge in [0.2, 0.25) is 0 Å². The molecule has 19 heavy (non-hydrogen) atoms. The van der Waals surface area contributed by atoms with E-state index >= 15 is 0 Å². The number of carboxylic acid groups (broad SMARTS) is 1. The molecule has 0 unspecified atom stereocenters. The number of benzene rings is 2. The Bertz CT molecular complexity index is 663. The monoisotopic (exact) mass is 262 g/mol. The van der Waals surface area contributed by atoms with Crippen LogP contribution in [0.3, 0.4) is 0 Å². The zero-order valence-corrected chi connectivity index (χ0v) is 10.5. The molecule has 1 N–H and O–H groups in total. The van der Waals surface area contributed by atoms with Crippen molar-refractivity contribution >= 4 is 5.97 Å². The van der Waals surface area contributed by atoms with Crippen LogP contribution in [0, 0.1) is 25.5 Å². The zero-order valence-electron chi connectivity index (χ0n) is 10.5. The molecule has 0 aliphatic carbocycles. The van der Waals surface area contributed by atoms with Gasteiger partial charge in [0, 0.05) is 5.56 Å². The number of carbonyl (C=O) groups is 1. The topological polar surface area (TPSA) is 37.3 Å². The van der Waals surface area contributed by atoms with Gasteiger partial charge in [0.05, 0.1) is 11.1 Å². The normalized spacial score (nSPS) is 10.5. The number of halogens is 2. The number of hydrogen-bond donors (Lipinski definition) is 1. The highest BCUT2D eigenvalue weighted by molar-refractivity contribution is 5.96. The van der Waals surface area contributed by atoms with Crippen LogP contribution >= 0.6 is 0 Å². The first-order chi connectivity index (χ1) is 8.91. The number of aromatic carboxylic acids is 1. The van der Waals surface area contributed by atoms with E-state index in [1.165, 1.54) is 25.1 Å². The van der Waals surface area contributed by atoms with Crippen LogP contribution in [0.2, 0.25) is 0 Å². The van der Waals surface area contributed by atoms with E-state index in [1.807, 2.05) is 0 Å². The number of hydrogen-bond acceptors (Lipinski definition) is 1. The largest absolute Gasteiger partial charge is 0.478 e. The molecule has 0 aromatic heterocycles. The van der Waals surface area contributed by atoms with Gasteiger partial charge in [-0.2, -0.15) is 0 Å². The molecule has 2 aromatic rings. The summed E-state index contributed by atoms with van der Waals surface area (Å²) in [7, 11) is 0. The van der Waals surface area contributed by atoms with Crippen molar-refractivity contribution in [2.45, 2.75) is 13.8 Å². The average molecular weight is 262 g/mol. The first kappa shape index (κ1) is 13.2. The second kappa shape index (κ2) is 4.80. The van der Waals surface area contributed by atoms with Crippen LogP contribution in [-0.4, -0.2) is 11.1 Å². The third-order valence-corrected chi connectivity index (χ3v) is 2.96. The lowest BCUT2D eigenvalue weighted by atomic mass is 9.95. The SMILES string of the molecule is Cc1ccc(-c2c(F)ccc(C)c2F)c(C(=O)O)c1. The Morgan fingerprint density at radius 1 is 1.11 bits per heavy atom. The zero-order chi connectivity index (χ0) is 14.2. The van der Waals surface area contributed by atoms with Crippen molar-refractivity contribution in [2.24, 2.45) is 0 Å². The molecule has 0 heterocycles. The van der Waals surface area contributed by atoms with Gasteiger partial charge in [-0.3, -0.25) is 0 Å². The van der Waals surface area contributed by atoms with Crippen LogP contribution in [0.4, 0.5) is 8.78 Å². The molecule has 0 spiro atoms. The van der Waals surface area contributed by atoms with Gasteiger partial charge in [-0.05, 0) is 31.5 Å². The molecule has 0 saturated heterocycles. The molecule has 0 aliphatic rings. The third-order valence-electron chi connectivity index (χ3n) is 2.96. The molecule has 0 radical (unpaired) electrons. The van der Waals surface area contributed by atoms with Gasteiger partial charge in [-0.1, -0.05) is 23.8 Å². The quantitative estimate of drug-likeness (QED) is 0.889. The van der Waals surface area contributed by atoms with Gasteiger partial charge >= 0.3 is 5.97 Å². The fourth-order valence-electron chi connectivity index (χ4n) is 1.96. The molecular weight excluding hydrogens is 250 g/mol.